The molecule has 3 nitrogen and oxygen atoms in total. The van der Waals surface area contributed by atoms with Gasteiger partial charge in [-0.3, -0.25) is 0 Å². The second-order valence-electron chi connectivity index (χ2n) is 6.16. The zero-order valence-corrected chi connectivity index (χ0v) is 13.9. The third-order valence-electron chi connectivity index (χ3n) is 4.24. The molecular formula is C18H20FNO2S. The molecular weight excluding hydrogens is 313 g/mol. The topological polar surface area (TPSA) is 46.2 Å². The van der Waals surface area contributed by atoms with Crippen molar-refractivity contribution in [3.8, 4) is 0 Å². The van der Waals surface area contributed by atoms with Crippen molar-refractivity contribution in [2.24, 2.45) is 0 Å². The summed E-state index contributed by atoms with van der Waals surface area (Å²) >= 11 is 0. The average Bonchev–Trinajstić information content (AvgIpc) is 2.88. The number of halogens is 1. The largest absolute Gasteiger partial charge is 0.378 e. The summed E-state index contributed by atoms with van der Waals surface area (Å²) < 4.78 is 35.8. The number of hydrogen-bond acceptors (Lipinski definition) is 3. The minimum Gasteiger partial charge on any atom is -0.378 e. The monoisotopic (exact) mass is 333 g/mol. The molecule has 0 saturated heterocycles. The van der Waals surface area contributed by atoms with Gasteiger partial charge in [-0.25, -0.2) is 12.8 Å². The summed E-state index contributed by atoms with van der Waals surface area (Å²) in [7, 11) is -2.94. The Morgan fingerprint density at radius 1 is 1.17 bits per heavy atom. The molecule has 5 heteroatoms. The maximum Gasteiger partial charge on any atom is 0.147 e. The second kappa shape index (κ2) is 6.32. The van der Waals surface area contributed by atoms with Crippen LogP contribution in [0.15, 0.2) is 42.5 Å². The van der Waals surface area contributed by atoms with E-state index in [4.69, 9.17) is 0 Å². The molecule has 0 bridgehead atoms. The molecule has 23 heavy (non-hydrogen) atoms. The third kappa shape index (κ3) is 4.10. The van der Waals surface area contributed by atoms with Gasteiger partial charge in [-0.1, -0.05) is 18.2 Å². The molecule has 3 rings (SSSR count). The van der Waals surface area contributed by atoms with Crippen LogP contribution in [0.25, 0.3) is 0 Å². The Kier molecular flexibility index (Phi) is 4.39. The number of benzene rings is 2. The van der Waals surface area contributed by atoms with E-state index in [9.17, 15) is 12.8 Å². The highest BCUT2D eigenvalue weighted by Gasteiger charge is 2.22. The predicted octanol–water partition coefficient (Wildman–Crippen LogP) is 3.51. The highest BCUT2D eigenvalue weighted by molar-refractivity contribution is 7.90. The van der Waals surface area contributed by atoms with Gasteiger partial charge in [-0.2, -0.15) is 0 Å². The summed E-state index contributed by atoms with van der Waals surface area (Å²) in [5.41, 5.74) is 4.20. The molecule has 1 aliphatic carbocycles. The number of anilines is 1. The summed E-state index contributed by atoms with van der Waals surface area (Å²) in [6, 6.07) is 12.9. The highest BCUT2D eigenvalue weighted by atomic mass is 32.2. The van der Waals surface area contributed by atoms with Gasteiger partial charge in [-0.05, 0) is 60.2 Å². The summed E-state index contributed by atoms with van der Waals surface area (Å²) in [6.07, 6.45) is 3.69. The molecule has 122 valence electrons. The van der Waals surface area contributed by atoms with Crippen LogP contribution in [-0.2, 0) is 22.7 Å². The summed E-state index contributed by atoms with van der Waals surface area (Å²) in [4.78, 5) is 0. The van der Waals surface area contributed by atoms with Gasteiger partial charge in [0.05, 0.1) is 11.8 Å². The molecule has 2 aromatic rings. The van der Waals surface area contributed by atoms with Gasteiger partial charge in [0.2, 0.25) is 0 Å². The third-order valence-corrected chi connectivity index (χ3v) is 5.19. The lowest BCUT2D eigenvalue weighted by molar-refractivity contribution is 0.601. The van der Waals surface area contributed by atoms with Crippen LogP contribution in [0.1, 0.15) is 29.2 Å². The average molecular weight is 333 g/mol. The molecule has 1 aliphatic rings. The van der Waals surface area contributed by atoms with Crippen LogP contribution < -0.4 is 5.32 Å². The van der Waals surface area contributed by atoms with Crippen molar-refractivity contribution >= 4 is 15.5 Å². The number of aryl methyl sites for hydroxylation is 2. The van der Waals surface area contributed by atoms with Gasteiger partial charge in [-0.15, -0.1) is 0 Å². The molecule has 0 amide bonds. The highest BCUT2D eigenvalue weighted by Crippen LogP contribution is 2.34. The molecule has 0 radical (unpaired) electrons. The van der Waals surface area contributed by atoms with Crippen molar-refractivity contribution in [1.82, 2.24) is 0 Å². The Bertz CT molecular complexity index is 800. The van der Waals surface area contributed by atoms with Crippen molar-refractivity contribution in [3.63, 3.8) is 0 Å². The van der Waals surface area contributed by atoms with E-state index in [0.717, 1.165) is 29.7 Å². The van der Waals surface area contributed by atoms with Gasteiger partial charge in [0, 0.05) is 11.9 Å². The van der Waals surface area contributed by atoms with E-state index in [-0.39, 0.29) is 17.6 Å². The molecule has 0 spiro atoms. The zero-order chi connectivity index (χ0) is 16.4. The lowest BCUT2D eigenvalue weighted by atomic mass is 10.1. The first kappa shape index (κ1) is 16.0. The van der Waals surface area contributed by atoms with Crippen LogP contribution in [0.4, 0.5) is 10.1 Å². The standard InChI is InChI=1S/C18H20FNO2S/c1-23(21,22)11-10-13-2-7-16(8-3-13)20-18-9-5-14-4-6-15(19)12-17(14)18/h2-4,6-8,12,18,20H,5,9-11H2,1H3. The van der Waals surface area contributed by atoms with Crippen molar-refractivity contribution in [3.05, 3.63) is 65.0 Å². The molecule has 0 aromatic heterocycles. The van der Waals surface area contributed by atoms with E-state index >= 15 is 0 Å². The van der Waals surface area contributed by atoms with Gasteiger partial charge < -0.3 is 5.32 Å². The Labute approximate surface area is 136 Å². The molecule has 0 fully saturated rings. The first-order valence-electron chi connectivity index (χ1n) is 7.72. The number of nitrogens with one attached hydrogen (secondary N) is 1. The van der Waals surface area contributed by atoms with Gasteiger partial charge in [0.25, 0.3) is 0 Å². The first-order chi connectivity index (χ1) is 10.9. The maximum atomic E-state index is 13.4. The molecule has 0 aliphatic heterocycles. The fourth-order valence-corrected chi connectivity index (χ4v) is 3.60. The summed E-state index contributed by atoms with van der Waals surface area (Å²) in [5.74, 6) is -0.0386. The van der Waals surface area contributed by atoms with Crippen LogP contribution in [-0.4, -0.2) is 20.4 Å². The van der Waals surface area contributed by atoms with Crippen molar-refractivity contribution in [2.75, 3.05) is 17.3 Å². The number of sulfone groups is 1. The van der Waals surface area contributed by atoms with Gasteiger partial charge >= 0.3 is 0 Å². The normalized spacial score (nSPS) is 17.0. The summed E-state index contributed by atoms with van der Waals surface area (Å²) in [6.45, 7) is 0. The lowest BCUT2D eigenvalue weighted by Crippen LogP contribution is -2.08. The van der Waals surface area contributed by atoms with E-state index in [1.165, 1.54) is 17.9 Å². The van der Waals surface area contributed by atoms with E-state index < -0.39 is 9.84 Å². The van der Waals surface area contributed by atoms with Crippen LogP contribution in [0, 0.1) is 5.82 Å². The van der Waals surface area contributed by atoms with Crippen LogP contribution in [0.3, 0.4) is 0 Å². The number of rotatable bonds is 5. The Hall–Kier alpha value is -1.88. The minimum absolute atomic E-state index is 0.127. The number of fused-ring (bicyclic) bond motifs is 1. The Morgan fingerprint density at radius 3 is 2.61 bits per heavy atom. The lowest BCUT2D eigenvalue weighted by Gasteiger charge is -2.16. The number of hydrogen-bond donors (Lipinski definition) is 1. The van der Waals surface area contributed by atoms with Gasteiger partial charge in [0.1, 0.15) is 15.7 Å². The van der Waals surface area contributed by atoms with Crippen molar-refractivity contribution in [1.29, 1.82) is 0 Å². The molecule has 2 aromatic carbocycles. The molecule has 0 saturated carbocycles. The van der Waals surface area contributed by atoms with Crippen LogP contribution in [0.2, 0.25) is 0 Å². The van der Waals surface area contributed by atoms with Gasteiger partial charge in [0.15, 0.2) is 0 Å². The van der Waals surface area contributed by atoms with E-state index in [1.54, 1.807) is 6.07 Å². The fourth-order valence-electron chi connectivity index (χ4n) is 3.00. The smallest absolute Gasteiger partial charge is 0.147 e. The quantitative estimate of drug-likeness (QED) is 0.911. The molecule has 0 heterocycles. The molecule has 1 N–H and O–H groups in total. The van der Waals surface area contributed by atoms with Crippen LogP contribution in [0.5, 0.6) is 0 Å². The SMILES string of the molecule is CS(=O)(=O)CCc1ccc(NC2CCc3ccc(F)cc32)cc1. The fraction of sp³-hybridized carbons (Fsp3) is 0.333. The van der Waals surface area contributed by atoms with E-state index in [0.29, 0.717) is 6.42 Å². The van der Waals surface area contributed by atoms with Crippen molar-refractivity contribution in [2.45, 2.75) is 25.3 Å². The first-order valence-corrected chi connectivity index (χ1v) is 9.78. The minimum atomic E-state index is -2.94. The molecule has 1 unspecified atom stereocenters. The Morgan fingerprint density at radius 2 is 1.91 bits per heavy atom. The van der Waals surface area contributed by atoms with Crippen LogP contribution >= 0.6 is 0 Å². The second-order valence-corrected chi connectivity index (χ2v) is 8.42. The maximum absolute atomic E-state index is 13.4. The zero-order valence-electron chi connectivity index (χ0n) is 13.0. The van der Waals surface area contributed by atoms with E-state index in [1.807, 2.05) is 30.3 Å². The predicted molar refractivity (Wildman–Crippen MR) is 90.9 cm³/mol. The van der Waals surface area contributed by atoms with E-state index in [2.05, 4.69) is 5.32 Å². The Balaban J connectivity index is 1.67. The van der Waals surface area contributed by atoms with Crippen molar-refractivity contribution < 1.29 is 12.8 Å². The molecule has 1 atom stereocenters. The summed E-state index contributed by atoms with van der Waals surface area (Å²) in [5, 5.41) is 3.44.